The quantitative estimate of drug-likeness (QED) is 0.363. The van der Waals surface area contributed by atoms with E-state index >= 15 is 0 Å². The van der Waals surface area contributed by atoms with E-state index < -0.39 is 17.9 Å². The maximum absolute atomic E-state index is 11.0. The average Bonchev–Trinajstić information content (AvgIpc) is 2.45. The summed E-state index contributed by atoms with van der Waals surface area (Å²) in [5, 5.41) is 30.1. The van der Waals surface area contributed by atoms with Crippen molar-refractivity contribution >= 4 is 17.9 Å². The van der Waals surface area contributed by atoms with Crippen LogP contribution in [0.3, 0.4) is 0 Å². The molecular weight excluding hydrogens is 409 g/mol. The van der Waals surface area contributed by atoms with Gasteiger partial charge in [-0.15, -0.1) is 0 Å². The molecule has 0 saturated carbocycles. The first kappa shape index (κ1) is 24.4. The fourth-order valence-electron chi connectivity index (χ4n) is 2.55. The topological polar surface area (TPSA) is 134 Å². The van der Waals surface area contributed by atoms with E-state index in [4.69, 9.17) is 15.3 Å². The standard InChI is InChI=1S/C14H26N4O6.Y/c19-12(20)9-16-3-1-15-2-4-17(10-13(21)22)6-8-18(7-5-16)11-14(23)24;/h15H,1-11H2,(H,19,20)(H,21,22)(H,23,24);. The van der Waals surface area contributed by atoms with Crippen LogP contribution in [0, 0.1) is 0 Å². The fraction of sp³-hybridized carbons (Fsp3) is 0.786. The van der Waals surface area contributed by atoms with E-state index in [0.717, 1.165) is 0 Å². The summed E-state index contributed by atoms with van der Waals surface area (Å²) in [4.78, 5) is 38.1. The third kappa shape index (κ3) is 12.4. The second-order valence-corrected chi connectivity index (χ2v) is 5.76. The number of carboxylic acid groups (broad SMARTS) is 3. The number of hydrogen-bond donors (Lipinski definition) is 4. The Kier molecular flexibility index (Phi) is 13.2. The minimum absolute atomic E-state index is 0. The number of rotatable bonds is 6. The van der Waals surface area contributed by atoms with Crippen molar-refractivity contribution in [3.63, 3.8) is 0 Å². The monoisotopic (exact) mass is 435 g/mol. The van der Waals surface area contributed by atoms with Crippen LogP contribution in [0.1, 0.15) is 0 Å². The molecule has 1 radical (unpaired) electrons. The Morgan fingerprint density at radius 2 is 0.920 bits per heavy atom. The van der Waals surface area contributed by atoms with Gasteiger partial charge in [-0.05, 0) is 0 Å². The number of aliphatic carboxylic acids is 3. The summed E-state index contributed by atoms with van der Waals surface area (Å²) in [5.74, 6) is -2.79. The minimum Gasteiger partial charge on any atom is -0.480 e. The van der Waals surface area contributed by atoms with Gasteiger partial charge in [-0.2, -0.15) is 0 Å². The Labute approximate surface area is 172 Å². The van der Waals surface area contributed by atoms with Crippen LogP contribution in [0.15, 0.2) is 0 Å². The van der Waals surface area contributed by atoms with Crippen molar-refractivity contribution in [2.75, 3.05) is 72.0 Å². The first-order chi connectivity index (χ1) is 11.4. The summed E-state index contributed by atoms with van der Waals surface area (Å²) >= 11 is 0. The summed E-state index contributed by atoms with van der Waals surface area (Å²) in [7, 11) is 0. The third-order valence-electron chi connectivity index (χ3n) is 3.75. The maximum atomic E-state index is 11.0. The van der Waals surface area contributed by atoms with Crippen molar-refractivity contribution in [2.24, 2.45) is 0 Å². The van der Waals surface area contributed by atoms with Crippen molar-refractivity contribution in [2.45, 2.75) is 0 Å². The van der Waals surface area contributed by atoms with Crippen LogP contribution in [0.2, 0.25) is 0 Å². The molecule has 0 bridgehead atoms. The molecule has 10 nitrogen and oxygen atoms in total. The summed E-state index contributed by atoms with van der Waals surface area (Å²) < 4.78 is 0. The van der Waals surface area contributed by atoms with Crippen molar-refractivity contribution in [1.29, 1.82) is 0 Å². The smallest absolute Gasteiger partial charge is 0.317 e. The zero-order valence-corrected chi connectivity index (χ0v) is 17.1. The molecule has 0 spiro atoms. The van der Waals surface area contributed by atoms with Crippen LogP contribution < -0.4 is 5.32 Å². The van der Waals surface area contributed by atoms with Gasteiger partial charge in [0, 0.05) is 85.1 Å². The number of carbonyl (C=O) groups is 3. The molecular formula is C14H26N4O6Y. The molecule has 11 heteroatoms. The molecule has 1 rings (SSSR count). The van der Waals surface area contributed by atoms with Gasteiger partial charge in [-0.3, -0.25) is 29.1 Å². The zero-order chi connectivity index (χ0) is 17.9. The van der Waals surface area contributed by atoms with E-state index in [-0.39, 0.29) is 52.3 Å². The van der Waals surface area contributed by atoms with Gasteiger partial charge in [0.05, 0.1) is 19.6 Å². The van der Waals surface area contributed by atoms with Crippen molar-refractivity contribution < 1.29 is 62.4 Å². The largest absolute Gasteiger partial charge is 0.480 e. The van der Waals surface area contributed by atoms with E-state index in [9.17, 15) is 14.4 Å². The Hall–Kier alpha value is -0.646. The van der Waals surface area contributed by atoms with Gasteiger partial charge in [-0.1, -0.05) is 0 Å². The molecule has 0 amide bonds. The van der Waals surface area contributed by atoms with E-state index in [1.807, 2.05) is 0 Å². The minimum atomic E-state index is -0.960. The van der Waals surface area contributed by atoms with Gasteiger partial charge in [0.15, 0.2) is 0 Å². The summed E-state index contributed by atoms with van der Waals surface area (Å²) in [6.45, 7) is 3.64. The summed E-state index contributed by atoms with van der Waals surface area (Å²) in [6, 6.07) is 0. The molecule has 0 aromatic heterocycles. The Morgan fingerprint density at radius 3 is 1.20 bits per heavy atom. The van der Waals surface area contributed by atoms with Crippen LogP contribution in [-0.2, 0) is 47.1 Å². The number of nitrogens with one attached hydrogen (secondary N) is 1. The molecule has 0 atom stereocenters. The first-order valence-electron chi connectivity index (χ1n) is 7.90. The van der Waals surface area contributed by atoms with Gasteiger partial charge in [0.25, 0.3) is 0 Å². The average molecular weight is 435 g/mol. The van der Waals surface area contributed by atoms with Gasteiger partial charge in [0.2, 0.25) is 0 Å². The second-order valence-electron chi connectivity index (χ2n) is 5.76. The van der Waals surface area contributed by atoms with Crippen molar-refractivity contribution in [3.05, 3.63) is 0 Å². The molecule has 1 heterocycles. The SMILES string of the molecule is O=C(O)CN1CCNCCN(CC(=O)O)CCN(CC(=O)O)CC1.[Y]. The number of nitrogens with zero attached hydrogens (tertiary/aromatic N) is 3. The normalized spacial score (nSPS) is 19.2. The van der Waals surface area contributed by atoms with Gasteiger partial charge >= 0.3 is 17.9 Å². The molecule has 0 aromatic rings. The molecule has 4 N–H and O–H groups in total. The van der Waals surface area contributed by atoms with Crippen LogP contribution in [-0.4, -0.2) is 120 Å². The second kappa shape index (κ2) is 13.5. The molecule has 0 unspecified atom stereocenters. The van der Waals surface area contributed by atoms with E-state index in [2.05, 4.69) is 5.32 Å². The van der Waals surface area contributed by atoms with Crippen molar-refractivity contribution in [3.8, 4) is 0 Å². The van der Waals surface area contributed by atoms with Gasteiger partial charge < -0.3 is 20.6 Å². The molecule has 1 fully saturated rings. The fourth-order valence-corrected chi connectivity index (χ4v) is 2.55. The summed E-state index contributed by atoms with van der Waals surface area (Å²) in [5.41, 5.74) is 0. The zero-order valence-electron chi connectivity index (χ0n) is 14.3. The third-order valence-corrected chi connectivity index (χ3v) is 3.75. The van der Waals surface area contributed by atoms with Crippen LogP contribution in [0.5, 0.6) is 0 Å². The molecule has 0 aromatic carbocycles. The van der Waals surface area contributed by atoms with Crippen molar-refractivity contribution in [1.82, 2.24) is 20.0 Å². The molecule has 0 aliphatic carbocycles. The predicted molar refractivity (Wildman–Crippen MR) is 85.1 cm³/mol. The number of carboxylic acids is 3. The molecule has 1 saturated heterocycles. The van der Waals surface area contributed by atoms with Crippen LogP contribution >= 0.6 is 0 Å². The predicted octanol–water partition coefficient (Wildman–Crippen LogP) is -2.25. The molecule has 1 aliphatic rings. The van der Waals surface area contributed by atoms with Gasteiger partial charge in [0.1, 0.15) is 0 Å². The Bertz CT molecular complexity index is 410. The Morgan fingerprint density at radius 1 is 0.640 bits per heavy atom. The van der Waals surface area contributed by atoms with E-state index in [1.165, 1.54) is 0 Å². The Balaban J connectivity index is 0.00000576. The summed E-state index contributed by atoms with van der Waals surface area (Å²) in [6.07, 6.45) is 0. The van der Waals surface area contributed by atoms with Gasteiger partial charge in [-0.25, -0.2) is 0 Å². The molecule has 25 heavy (non-hydrogen) atoms. The first-order valence-corrected chi connectivity index (χ1v) is 7.90. The number of hydrogen-bond acceptors (Lipinski definition) is 7. The maximum Gasteiger partial charge on any atom is 0.317 e. The van der Waals surface area contributed by atoms with E-state index in [1.54, 1.807) is 14.7 Å². The molecule has 141 valence electrons. The van der Waals surface area contributed by atoms with Crippen LogP contribution in [0.25, 0.3) is 0 Å². The molecule has 1 aliphatic heterocycles. The van der Waals surface area contributed by atoms with Crippen LogP contribution in [0.4, 0.5) is 0 Å². The van der Waals surface area contributed by atoms with E-state index in [0.29, 0.717) is 52.4 Å².